The normalized spacial score (nSPS) is 16.0. The van der Waals surface area contributed by atoms with Crippen LogP contribution in [0.2, 0.25) is 0 Å². The van der Waals surface area contributed by atoms with Gasteiger partial charge in [0.1, 0.15) is 11.6 Å². The van der Waals surface area contributed by atoms with Crippen LogP contribution in [0.15, 0.2) is 90.0 Å². The molecule has 3 aromatic rings. The molecule has 150 valence electrons. The van der Waals surface area contributed by atoms with Gasteiger partial charge in [-0.15, -0.1) is 0 Å². The SMILES string of the molecule is COc1ccc(C2=NN(C(=O)/C=C/c3ccccc3)C(c3ccc(F)cc3)C2)cc1. The molecular weight excluding hydrogens is 379 g/mol. The Kier molecular flexibility index (Phi) is 5.70. The maximum absolute atomic E-state index is 13.4. The minimum Gasteiger partial charge on any atom is -0.497 e. The molecule has 1 aliphatic rings. The van der Waals surface area contributed by atoms with Gasteiger partial charge in [-0.25, -0.2) is 9.40 Å². The first-order valence-corrected chi connectivity index (χ1v) is 9.68. The summed E-state index contributed by atoms with van der Waals surface area (Å²) in [4.78, 5) is 13.0. The molecule has 5 heteroatoms. The van der Waals surface area contributed by atoms with Crippen LogP contribution in [0.1, 0.15) is 29.2 Å². The fourth-order valence-electron chi connectivity index (χ4n) is 3.42. The number of halogens is 1. The van der Waals surface area contributed by atoms with Crippen LogP contribution in [0, 0.1) is 5.82 Å². The van der Waals surface area contributed by atoms with E-state index in [1.54, 1.807) is 25.3 Å². The van der Waals surface area contributed by atoms with Crippen LogP contribution < -0.4 is 4.74 Å². The highest BCUT2D eigenvalue weighted by atomic mass is 19.1. The van der Waals surface area contributed by atoms with E-state index in [4.69, 9.17) is 4.74 Å². The van der Waals surface area contributed by atoms with Crippen molar-refractivity contribution in [3.05, 3.63) is 107 Å². The van der Waals surface area contributed by atoms with Gasteiger partial charge in [-0.3, -0.25) is 4.79 Å². The lowest BCUT2D eigenvalue weighted by molar-refractivity contribution is -0.127. The smallest absolute Gasteiger partial charge is 0.267 e. The third kappa shape index (κ3) is 4.30. The van der Waals surface area contributed by atoms with Crippen LogP contribution in [0.4, 0.5) is 4.39 Å². The second-order valence-corrected chi connectivity index (χ2v) is 6.97. The van der Waals surface area contributed by atoms with Crippen LogP contribution in [-0.4, -0.2) is 23.7 Å². The number of rotatable bonds is 5. The molecule has 1 atom stereocenters. The average Bonchev–Trinajstić information content (AvgIpc) is 3.24. The zero-order chi connectivity index (χ0) is 20.9. The first-order valence-electron chi connectivity index (χ1n) is 9.68. The summed E-state index contributed by atoms with van der Waals surface area (Å²) in [5.41, 5.74) is 3.49. The number of amides is 1. The average molecular weight is 400 g/mol. The fraction of sp³-hybridized carbons (Fsp3) is 0.120. The molecule has 30 heavy (non-hydrogen) atoms. The minimum atomic E-state index is -0.310. The molecule has 0 bridgehead atoms. The Hall–Kier alpha value is -3.73. The molecule has 1 amide bonds. The molecule has 1 unspecified atom stereocenters. The van der Waals surface area contributed by atoms with Crippen LogP contribution in [-0.2, 0) is 4.79 Å². The van der Waals surface area contributed by atoms with E-state index in [9.17, 15) is 9.18 Å². The van der Waals surface area contributed by atoms with Crippen molar-refractivity contribution >= 4 is 17.7 Å². The van der Waals surface area contributed by atoms with Crippen molar-refractivity contribution in [3.63, 3.8) is 0 Å². The summed E-state index contributed by atoms with van der Waals surface area (Å²) >= 11 is 0. The van der Waals surface area contributed by atoms with Crippen LogP contribution in [0.3, 0.4) is 0 Å². The summed E-state index contributed by atoms with van der Waals surface area (Å²) < 4.78 is 18.6. The van der Waals surface area contributed by atoms with Crippen LogP contribution >= 0.6 is 0 Å². The number of carbonyl (C=O) groups excluding carboxylic acids is 1. The van der Waals surface area contributed by atoms with E-state index in [1.165, 1.54) is 23.2 Å². The summed E-state index contributed by atoms with van der Waals surface area (Å²) in [6.45, 7) is 0. The maximum atomic E-state index is 13.4. The Balaban J connectivity index is 1.64. The van der Waals surface area contributed by atoms with E-state index >= 15 is 0 Å². The number of carbonyl (C=O) groups is 1. The molecule has 4 nitrogen and oxygen atoms in total. The Morgan fingerprint density at radius 3 is 2.40 bits per heavy atom. The van der Waals surface area contributed by atoms with Crippen LogP contribution in [0.25, 0.3) is 6.08 Å². The zero-order valence-corrected chi connectivity index (χ0v) is 16.5. The van der Waals surface area contributed by atoms with Gasteiger partial charge < -0.3 is 4.74 Å². The zero-order valence-electron chi connectivity index (χ0n) is 16.5. The molecule has 4 rings (SSSR count). The number of ether oxygens (including phenoxy) is 1. The lowest BCUT2D eigenvalue weighted by Crippen LogP contribution is -2.25. The monoisotopic (exact) mass is 400 g/mol. The standard InChI is InChI=1S/C25H21FN2O2/c1-30-22-14-10-19(11-15-22)23-17-24(20-8-12-21(26)13-9-20)28(27-23)25(29)16-7-18-5-3-2-4-6-18/h2-16,24H,17H2,1H3/b16-7+. The minimum absolute atomic E-state index is 0.225. The van der Waals surface area contributed by atoms with E-state index in [1.807, 2.05) is 54.6 Å². The molecule has 0 saturated carbocycles. The van der Waals surface area contributed by atoms with Crippen molar-refractivity contribution in [1.82, 2.24) is 5.01 Å². The lowest BCUT2D eigenvalue weighted by Gasteiger charge is -2.20. The summed E-state index contributed by atoms with van der Waals surface area (Å²) in [6.07, 6.45) is 3.83. The van der Waals surface area contributed by atoms with Gasteiger partial charge in [-0.05, 0) is 59.2 Å². The number of benzene rings is 3. The van der Waals surface area contributed by atoms with Gasteiger partial charge in [0, 0.05) is 12.5 Å². The van der Waals surface area contributed by atoms with Gasteiger partial charge in [-0.1, -0.05) is 42.5 Å². The molecule has 0 N–H and O–H groups in total. The summed E-state index contributed by atoms with van der Waals surface area (Å²) in [6, 6.07) is 23.1. The van der Waals surface area contributed by atoms with Gasteiger partial charge >= 0.3 is 0 Å². The van der Waals surface area contributed by atoms with Crippen molar-refractivity contribution < 1.29 is 13.9 Å². The van der Waals surface area contributed by atoms with Gasteiger partial charge in [0.25, 0.3) is 5.91 Å². The highest BCUT2D eigenvalue weighted by molar-refractivity contribution is 6.04. The molecule has 0 fully saturated rings. The van der Waals surface area contributed by atoms with Crippen molar-refractivity contribution in [2.24, 2.45) is 5.10 Å². The second-order valence-electron chi connectivity index (χ2n) is 6.97. The summed E-state index contributed by atoms with van der Waals surface area (Å²) in [5, 5.41) is 6.10. The second kappa shape index (κ2) is 8.74. The van der Waals surface area contributed by atoms with Gasteiger partial charge in [0.05, 0.1) is 18.9 Å². The third-order valence-corrected chi connectivity index (χ3v) is 5.03. The number of hydrogen-bond donors (Lipinski definition) is 0. The Morgan fingerprint density at radius 1 is 1.03 bits per heavy atom. The summed E-state index contributed by atoms with van der Waals surface area (Å²) in [7, 11) is 1.62. The van der Waals surface area contributed by atoms with Crippen molar-refractivity contribution in [2.45, 2.75) is 12.5 Å². The number of hydrazone groups is 1. The highest BCUT2D eigenvalue weighted by Gasteiger charge is 2.32. The predicted molar refractivity (Wildman–Crippen MR) is 116 cm³/mol. The Morgan fingerprint density at radius 2 is 1.73 bits per heavy atom. The number of methoxy groups -OCH3 is 1. The number of nitrogens with zero attached hydrogens (tertiary/aromatic N) is 2. The van der Waals surface area contributed by atoms with E-state index in [-0.39, 0.29) is 17.8 Å². The van der Waals surface area contributed by atoms with Gasteiger partial charge in [-0.2, -0.15) is 5.10 Å². The van der Waals surface area contributed by atoms with Crippen LogP contribution in [0.5, 0.6) is 5.75 Å². The Bertz CT molecular complexity index is 1070. The van der Waals surface area contributed by atoms with E-state index < -0.39 is 0 Å². The quantitative estimate of drug-likeness (QED) is 0.551. The van der Waals surface area contributed by atoms with Crippen molar-refractivity contribution in [3.8, 4) is 5.75 Å². The van der Waals surface area contributed by atoms with E-state index in [2.05, 4.69) is 5.10 Å². The van der Waals surface area contributed by atoms with Gasteiger partial charge in [0.15, 0.2) is 0 Å². The topological polar surface area (TPSA) is 41.9 Å². The molecule has 0 radical (unpaired) electrons. The van der Waals surface area contributed by atoms with Crippen molar-refractivity contribution in [2.75, 3.05) is 7.11 Å². The highest BCUT2D eigenvalue weighted by Crippen LogP contribution is 2.33. The largest absolute Gasteiger partial charge is 0.497 e. The van der Waals surface area contributed by atoms with E-state index in [0.29, 0.717) is 6.42 Å². The molecule has 3 aromatic carbocycles. The Labute approximate surface area is 174 Å². The first-order chi connectivity index (χ1) is 14.6. The molecule has 1 aliphatic heterocycles. The predicted octanol–water partition coefficient (Wildman–Crippen LogP) is 5.23. The molecule has 0 spiro atoms. The molecule has 0 saturated heterocycles. The summed E-state index contributed by atoms with van der Waals surface area (Å²) in [5.74, 6) is 0.220. The first kappa shape index (κ1) is 19.6. The van der Waals surface area contributed by atoms with Crippen molar-refractivity contribution in [1.29, 1.82) is 0 Å². The van der Waals surface area contributed by atoms with E-state index in [0.717, 1.165) is 28.2 Å². The third-order valence-electron chi connectivity index (χ3n) is 5.03. The molecule has 1 heterocycles. The lowest BCUT2D eigenvalue weighted by atomic mass is 9.98. The molecular formula is C25H21FN2O2. The van der Waals surface area contributed by atoms with Gasteiger partial charge in [0.2, 0.25) is 0 Å². The fourth-order valence-corrected chi connectivity index (χ4v) is 3.42. The maximum Gasteiger partial charge on any atom is 0.267 e. The number of hydrogen-bond acceptors (Lipinski definition) is 3. The molecule has 0 aliphatic carbocycles. The molecule has 0 aromatic heterocycles.